The van der Waals surface area contributed by atoms with Crippen molar-refractivity contribution in [3.8, 4) is 0 Å². The van der Waals surface area contributed by atoms with Crippen molar-refractivity contribution in [3.63, 3.8) is 0 Å². The number of Topliss-reactive ketones (excluding diaryl/α,β-unsaturated/α-hetero) is 1. The minimum absolute atomic E-state index is 0.199. The van der Waals surface area contributed by atoms with Gasteiger partial charge in [-0.1, -0.05) is 6.92 Å². The molecule has 1 fully saturated rings. The van der Waals surface area contributed by atoms with E-state index in [1.54, 1.807) is 0 Å². The Labute approximate surface area is 109 Å². The van der Waals surface area contributed by atoms with E-state index in [1.807, 2.05) is 17.7 Å². The third-order valence-electron chi connectivity index (χ3n) is 3.90. The average Bonchev–Trinajstić information content (AvgIpc) is 2.70. The van der Waals surface area contributed by atoms with Crippen LogP contribution in [-0.4, -0.2) is 28.7 Å². The second-order valence-corrected chi connectivity index (χ2v) is 5.53. The molecule has 0 radical (unpaired) electrons. The minimum Gasteiger partial charge on any atom is -0.316 e. The van der Waals surface area contributed by atoms with Gasteiger partial charge in [0.1, 0.15) is 5.78 Å². The summed E-state index contributed by atoms with van der Waals surface area (Å²) in [5.41, 5.74) is 1.84. The van der Waals surface area contributed by atoms with E-state index in [2.05, 4.69) is 24.3 Å². The molecule has 2 heterocycles. The lowest BCUT2D eigenvalue weighted by atomic mass is 9.77. The molecule has 0 bridgehead atoms. The lowest BCUT2D eigenvalue weighted by molar-refractivity contribution is -0.128. The van der Waals surface area contributed by atoms with Crippen molar-refractivity contribution < 1.29 is 4.79 Å². The van der Waals surface area contributed by atoms with E-state index in [9.17, 15) is 4.79 Å². The molecule has 1 aliphatic heterocycles. The molecule has 100 valence electrons. The Morgan fingerprint density at radius 1 is 1.61 bits per heavy atom. The smallest absolute Gasteiger partial charge is 0.145 e. The first-order valence-electron chi connectivity index (χ1n) is 6.82. The summed E-state index contributed by atoms with van der Waals surface area (Å²) in [7, 11) is 0. The van der Waals surface area contributed by atoms with Crippen LogP contribution in [0.5, 0.6) is 0 Å². The van der Waals surface area contributed by atoms with Crippen LogP contribution in [0, 0.1) is 12.3 Å². The van der Waals surface area contributed by atoms with Gasteiger partial charge in [-0.2, -0.15) is 5.10 Å². The van der Waals surface area contributed by atoms with Crippen molar-refractivity contribution in [1.29, 1.82) is 0 Å². The monoisotopic (exact) mass is 249 g/mol. The highest BCUT2D eigenvalue weighted by Gasteiger charge is 2.34. The first-order chi connectivity index (χ1) is 8.55. The van der Waals surface area contributed by atoms with Crippen molar-refractivity contribution in [2.45, 2.75) is 46.6 Å². The summed E-state index contributed by atoms with van der Waals surface area (Å²) in [5.74, 6) is 0.337. The van der Waals surface area contributed by atoms with Crippen LogP contribution in [0.1, 0.15) is 38.1 Å². The molecule has 1 aliphatic rings. The number of ketones is 1. The molecule has 0 aromatic carbocycles. The maximum atomic E-state index is 12.5. The molecule has 1 aromatic heterocycles. The number of nitrogens with zero attached hydrogens (tertiary/aromatic N) is 2. The molecule has 0 saturated carbocycles. The highest BCUT2D eigenvalue weighted by atomic mass is 16.1. The molecule has 4 heteroatoms. The standard InChI is InChI=1S/C14H23N3O/c1-4-17-12(8-11(2)16-17)9-13(18)14(3)6-5-7-15-10-14/h8,15H,4-7,9-10H2,1-3H3. The summed E-state index contributed by atoms with van der Waals surface area (Å²) in [4.78, 5) is 12.5. The van der Waals surface area contributed by atoms with Crippen LogP contribution in [0.4, 0.5) is 0 Å². The summed E-state index contributed by atoms with van der Waals surface area (Å²) in [6.45, 7) is 8.79. The highest BCUT2D eigenvalue weighted by molar-refractivity contribution is 5.86. The molecule has 4 nitrogen and oxygen atoms in total. The molecule has 0 aliphatic carbocycles. The molecule has 1 unspecified atom stereocenters. The normalized spacial score (nSPS) is 24.2. The van der Waals surface area contributed by atoms with E-state index in [0.29, 0.717) is 12.2 Å². The predicted molar refractivity (Wildman–Crippen MR) is 71.6 cm³/mol. The summed E-state index contributed by atoms with van der Waals surface area (Å²) < 4.78 is 1.94. The van der Waals surface area contributed by atoms with Gasteiger partial charge in [0.25, 0.3) is 0 Å². The van der Waals surface area contributed by atoms with Crippen molar-refractivity contribution in [2.75, 3.05) is 13.1 Å². The summed E-state index contributed by atoms with van der Waals surface area (Å²) in [5, 5.41) is 7.73. The maximum absolute atomic E-state index is 12.5. The predicted octanol–water partition coefficient (Wildman–Crippen LogP) is 1.71. The van der Waals surface area contributed by atoms with Crippen LogP contribution in [-0.2, 0) is 17.8 Å². The number of hydrogen-bond acceptors (Lipinski definition) is 3. The van der Waals surface area contributed by atoms with Gasteiger partial charge in [0, 0.05) is 30.6 Å². The van der Waals surface area contributed by atoms with Crippen molar-refractivity contribution in [3.05, 3.63) is 17.5 Å². The molecule has 1 atom stereocenters. The molecule has 18 heavy (non-hydrogen) atoms. The number of nitrogens with one attached hydrogen (secondary N) is 1. The summed E-state index contributed by atoms with van der Waals surface area (Å²) in [6, 6.07) is 2.03. The fraction of sp³-hybridized carbons (Fsp3) is 0.714. The zero-order valence-electron chi connectivity index (χ0n) is 11.6. The van der Waals surface area contributed by atoms with Crippen LogP contribution in [0.25, 0.3) is 0 Å². The molecule has 0 spiro atoms. The van der Waals surface area contributed by atoms with Gasteiger partial charge < -0.3 is 5.32 Å². The van der Waals surface area contributed by atoms with E-state index >= 15 is 0 Å². The molecule has 1 N–H and O–H groups in total. The zero-order chi connectivity index (χ0) is 13.2. The van der Waals surface area contributed by atoms with Gasteiger partial charge in [-0.05, 0) is 39.3 Å². The second kappa shape index (κ2) is 5.22. The Hall–Kier alpha value is -1.16. The highest BCUT2D eigenvalue weighted by Crippen LogP contribution is 2.28. The van der Waals surface area contributed by atoms with Gasteiger partial charge >= 0.3 is 0 Å². The third-order valence-corrected chi connectivity index (χ3v) is 3.90. The van der Waals surface area contributed by atoms with Crippen LogP contribution in [0.3, 0.4) is 0 Å². The summed E-state index contributed by atoms with van der Waals surface area (Å²) >= 11 is 0. The van der Waals surface area contributed by atoms with Crippen LogP contribution in [0.2, 0.25) is 0 Å². The molecule has 2 rings (SSSR count). The van der Waals surface area contributed by atoms with Gasteiger partial charge in [0.15, 0.2) is 0 Å². The quantitative estimate of drug-likeness (QED) is 0.883. The van der Waals surface area contributed by atoms with Crippen molar-refractivity contribution in [2.24, 2.45) is 5.41 Å². The SMILES string of the molecule is CCn1nc(C)cc1CC(=O)C1(C)CCCNC1. The molecule has 0 amide bonds. The van der Waals surface area contributed by atoms with E-state index in [4.69, 9.17) is 0 Å². The minimum atomic E-state index is -0.199. The first-order valence-corrected chi connectivity index (χ1v) is 6.82. The first kappa shape index (κ1) is 13.3. The Morgan fingerprint density at radius 3 is 3.00 bits per heavy atom. The van der Waals surface area contributed by atoms with Crippen molar-refractivity contribution in [1.82, 2.24) is 15.1 Å². The Bertz CT molecular complexity index is 430. The van der Waals surface area contributed by atoms with Crippen LogP contribution in [0.15, 0.2) is 6.07 Å². The number of carbonyl (C=O) groups is 1. The average molecular weight is 249 g/mol. The third kappa shape index (κ3) is 2.64. The topological polar surface area (TPSA) is 46.9 Å². The van der Waals surface area contributed by atoms with E-state index in [-0.39, 0.29) is 5.41 Å². The second-order valence-electron chi connectivity index (χ2n) is 5.53. The fourth-order valence-corrected chi connectivity index (χ4v) is 2.69. The number of aromatic nitrogens is 2. The Balaban J connectivity index is 2.10. The molecule has 1 aromatic rings. The van der Waals surface area contributed by atoms with Gasteiger partial charge in [0.2, 0.25) is 0 Å². The Kier molecular flexibility index (Phi) is 3.85. The van der Waals surface area contributed by atoms with Crippen LogP contribution >= 0.6 is 0 Å². The maximum Gasteiger partial charge on any atom is 0.145 e. The lowest BCUT2D eigenvalue weighted by Gasteiger charge is -2.32. The summed E-state index contributed by atoms with van der Waals surface area (Å²) in [6.07, 6.45) is 2.60. The largest absolute Gasteiger partial charge is 0.316 e. The molecule has 1 saturated heterocycles. The van der Waals surface area contributed by atoms with Crippen molar-refractivity contribution >= 4 is 5.78 Å². The lowest BCUT2D eigenvalue weighted by Crippen LogP contribution is -2.44. The Morgan fingerprint density at radius 2 is 2.39 bits per heavy atom. The van der Waals surface area contributed by atoms with Gasteiger partial charge in [-0.15, -0.1) is 0 Å². The number of carbonyl (C=O) groups excluding carboxylic acids is 1. The molecular formula is C14H23N3O. The number of piperidine rings is 1. The number of hydrogen-bond donors (Lipinski definition) is 1. The van der Waals surface area contributed by atoms with E-state index < -0.39 is 0 Å². The van der Waals surface area contributed by atoms with E-state index in [1.165, 1.54) is 0 Å². The van der Waals surface area contributed by atoms with E-state index in [0.717, 1.165) is 43.9 Å². The number of aryl methyl sites for hydroxylation is 2. The zero-order valence-corrected chi connectivity index (χ0v) is 11.6. The van der Waals surface area contributed by atoms with Gasteiger partial charge in [0.05, 0.1) is 5.69 Å². The molecular weight excluding hydrogens is 226 g/mol. The van der Waals surface area contributed by atoms with Gasteiger partial charge in [-0.3, -0.25) is 9.48 Å². The van der Waals surface area contributed by atoms with Gasteiger partial charge in [-0.25, -0.2) is 0 Å². The number of rotatable bonds is 4. The van der Waals surface area contributed by atoms with Crippen LogP contribution < -0.4 is 5.32 Å². The fourth-order valence-electron chi connectivity index (χ4n) is 2.69.